The van der Waals surface area contributed by atoms with E-state index in [4.69, 9.17) is 29.6 Å². The minimum atomic E-state index is 0.103. The van der Waals surface area contributed by atoms with Crippen molar-refractivity contribution in [3.63, 3.8) is 0 Å². The summed E-state index contributed by atoms with van der Waals surface area (Å²) in [6.45, 7) is 4.08. The van der Waals surface area contributed by atoms with Gasteiger partial charge in [0, 0.05) is 18.3 Å². The number of benzene rings is 1. The maximum atomic E-state index is 6.07. The van der Waals surface area contributed by atoms with E-state index in [-0.39, 0.29) is 6.04 Å². The normalized spacial score (nSPS) is 12.0. The molecule has 0 aliphatic rings. The third-order valence-electron chi connectivity index (χ3n) is 3.63. The average molecular weight is 320 g/mol. The summed E-state index contributed by atoms with van der Waals surface area (Å²) < 4.78 is 0. The zero-order valence-electron chi connectivity index (χ0n) is 12.3. The summed E-state index contributed by atoms with van der Waals surface area (Å²) in [6, 6.07) is 9.83. The fraction of sp³-hybridized carbons (Fsp3) is 0.250. The van der Waals surface area contributed by atoms with Crippen molar-refractivity contribution in [2.75, 3.05) is 11.9 Å². The molecule has 0 saturated carbocycles. The Morgan fingerprint density at radius 1 is 1.38 bits per heavy atom. The van der Waals surface area contributed by atoms with Crippen LogP contribution in [0.1, 0.15) is 29.7 Å². The van der Waals surface area contributed by atoms with Crippen molar-refractivity contribution in [1.82, 2.24) is 4.98 Å². The van der Waals surface area contributed by atoms with Crippen LogP contribution in [0.25, 0.3) is 0 Å². The van der Waals surface area contributed by atoms with Crippen molar-refractivity contribution in [1.29, 1.82) is 0 Å². The molecule has 3 nitrogen and oxygen atoms in total. The van der Waals surface area contributed by atoms with Crippen molar-refractivity contribution < 1.29 is 0 Å². The Labute approximate surface area is 135 Å². The van der Waals surface area contributed by atoms with Gasteiger partial charge < -0.3 is 10.6 Å². The van der Waals surface area contributed by atoms with Gasteiger partial charge in [0.25, 0.3) is 0 Å². The number of pyridine rings is 1. The number of anilines is 1. The molecule has 0 spiro atoms. The maximum Gasteiger partial charge on any atom is 0.139 e. The number of nitrogens with zero attached hydrogens (tertiary/aromatic N) is 2. The highest BCUT2D eigenvalue weighted by molar-refractivity contribution is 7.80. The first-order chi connectivity index (χ1) is 9.91. The third-order valence-corrected chi connectivity index (χ3v) is 4.07. The first-order valence-electron chi connectivity index (χ1n) is 6.65. The molecule has 1 unspecified atom stereocenters. The lowest BCUT2D eigenvalue weighted by molar-refractivity contribution is 0.727. The van der Waals surface area contributed by atoms with Gasteiger partial charge in [0.05, 0.1) is 11.6 Å². The van der Waals surface area contributed by atoms with E-state index in [1.165, 1.54) is 0 Å². The van der Waals surface area contributed by atoms with Crippen LogP contribution in [-0.4, -0.2) is 17.0 Å². The summed E-state index contributed by atoms with van der Waals surface area (Å²) in [5.74, 6) is 0.787. The molecule has 1 heterocycles. The average Bonchev–Trinajstić information content (AvgIpc) is 2.45. The van der Waals surface area contributed by atoms with Gasteiger partial charge >= 0.3 is 0 Å². The summed E-state index contributed by atoms with van der Waals surface area (Å²) in [4.78, 5) is 6.88. The molecule has 0 saturated heterocycles. The van der Waals surface area contributed by atoms with Gasteiger partial charge in [-0.15, -0.1) is 0 Å². The molecule has 2 rings (SSSR count). The van der Waals surface area contributed by atoms with Gasteiger partial charge in [-0.25, -0.2) is 4.98 Å². The van der Waals surface area contributed by atoms with E-state index in [0.717, 1.165) is 27.5 Å². The number of aryl methyl sites for hydroxylation is 1. The minimum Gasteiger partial charge on any atom is -0.389 e. The second kappa shape index (κ2) is 6.41. The van der Waals surface area contributed by atoms with Crippen LogP contribution in [0, 0.1) is 6.92 Å². The molecular formula is C16H18ClN3S. The van der Waals surface area contributed by atoms with E-state index in [1.54, 1.807) is 6.20 Å². The molecule has 2 N–H and O–H groups in total. The number of rotatable bonds is 4. The van der Waals surface area contributed by atoms with Crippen molar-refractivity contribution in [3.8, 4) is 0 Å². The van der Waals surface area contributed by atoms with Crippen molar-refractivity contribution in [2.45, 2.75) is 19.9 Å². The number of nitrogens with two attached hydrogens (primary N) is 1. The monoisotopic (exact) mass is 319 g/mol. The number of halogens is 1. The molecule has 1 atom stereocenters. The highest BCUT2D eigenvalue weighted by Gasteiger charge is 2.19. The van der Waals surface area contributed by atoms with Crippen LogP contribution in [-0.2, 0) is 0 Å². The second-order valence-electron chi connectivity index (χ2n) is 5.03. The quantitative estimate of drug-likeness (QED) is 0.869. The van der Waals surface area contributed by atoms with Crippen LogP contribution in [0.15, 0.2) is 36.5 Å². The van der Waals surface area contributed by atoms with Gasteiger partial charge in [-0.3, -0.25) is 0 Å². The molecule has 0 aliphatic heterocycles. The van der Waals surface area contributed by atoms with Crippen LogP contribution in [0.3, 0.4) is 0 Å². The number of aromatic nitrogens is 1. The Hall–Kier alpha value is -1.65. The predicted molar refractivity (Wildman–Crippen MR) is 93.1 cm³/mol. The van der Waals surface area contributed by atoms with Crippen LogP contribution >= 0.6 is 23.8 Å². The van der Waals surface area contributed by atoms with Crippen LogP contribution < -0.4 is 10.6 Å². The highest BCUT2D eigenvalue weighted by Crippen LogP contribution is 2.29. The molecule has 1 aromatic carbocycles. The Morgan fingerprint density at radius 3 is 2.71 bits per heavy atom. The minimum absolute atomic E-state index is 0.103. The first kappa shape index (κ1) is 15.7. The number of thiocarbonyl (C=S) groups is 1. The Balaban J connectivity index is 2.43. The molecule has 110 valence electrons. The molecule has 0 fully saturated rings. The highest BCUT2D eigenvalue weighted by atomic mass is 35.5. The molecular weight excluding hydrogens is 302 g/mol. The topological polar surface area (TPSA) is 42.2 Å². The summed E-state index contributed by atoms with van der Waals surface area (Å²) in [6.07, 6.45) is 1.77. The van der Waals surface area contributed by atoms with Gasteiger partial charge in [0.15, 0.2) is 0 Å². The van der Waals surface area contributed by atoms with Gasteiger partial charge in [-0.05, 0) is 43.2 Å². The number of hydrogen-bond donors (Lipinski definition) is 1. The summed E-state index contributed by atoms with van der Waals surface area (Å²) in [5, 5.41) is 0.722. The Morgan fingerprint density at radius 2 is 2.10 bits per heavy atom. The molecule has 0 radical (unpaired) electrons. The summed E-state index contributed by atoms with van der Waals surface area (Å²) in [5.41, 5.74) is 8.82. The van der Waals surface area contributed by atoms with Crippen LogP contribution in [0.2, 0.25) is 5.02 Å². The molecule has 0 aliphatic carbocycles. The van der Waals surface area contributed by atoms with E-state index in [2.05, 4.69) is 16.8 Å². The van der Waals surface area contributed by atoms with E-state index >= 15 is 0 Å². The van der Waals surface area contributed by atoms with Gasteiger partial charge in [0.2, 0.25) is 0 Å². The van der Waals surface area contributed by atoms with Crippen LogP contribution in [0.4, 0.5) is 5.82 Å². The van der Waals surface area contributed by atoms with E-state index in [9.17, 15) is 0 Å². The van der Waals surface area contributed by atoms with Gasteiger partial charge in [-0.2, -0.15) is 0 Å². The SMILES string of the molecule is Cc1ccnc(N(C)C(C)c2cccc(Cl)c2)c1C(N)=S. The van der Waals surface area contributed by atoms with Crippen molar-refractivity contribution in [3.05, 3.63) is 58.2 Å². The van der Waals surface area contributed by atoms with E-state index in [0.29, 0.717) is 4.99 Å². The molecule has 0 bridgehead atoms. The van der Waals surface area contributed by atoms with Gasteiger partial charge in [-0.1, -0.05) is 36.0 Å². The van der Waals surface area contributed by atoms with Crippen molar-refractivity contribution >= 4 is 34.6 Å². The predicted octanol–water partition coefficient (Wildman–Crippen LogP) is 3.88. The smallest absolute Gasteiger partial charge is 0.139 e. The largest absolute Gasteiger partial charge is 0.389 e. The standard InChI is InChI=1S/C16H18ClN3S/c1-10-7-8-19-16(14(10)15(18)21)20(3)11(2)12-5-4-6-13(17)9-12/h4-9,11H,1-3H3,(H2,18,21). The molecule has 21 heavy (non-hydrogen) atoms. The Bertz CT molecular complexity index is 672. The lowest BCUT2D eigenvalue weighted by Crippen LogP contribution is -2.26. The lowest BCUT2D eigenvalue weighted by Gasteiger charge is -2.28. The summed E-state index contributed by atoms with van der Waals surface area (Å²) in [7, 11) is 1.98. The first-order valence-corrected chi connectivity index (χ1v) is 7.44. The van der Waals surface area contributed by atoms with E-state index < -0.39 is 0 Å². The third kappa shape index (κ3) is 3.34. The molecule has 2 aromatic rings. The van der Waals surface area contributed by atoms with E-state index in [1.807, 2.05) is 44.3 Å². The Kier molecular flexibility index (Phi) is 4.80. The zero-order valence-corrected chi connectivity index (χ0v) is 13.9. The lowest BCUT2D eigenvalue weighted by atomic mass is 10.1. The fourth-order valence-electron chi connectivity index (χ4n) is 2.29. The molecule has 0 amide bonds. The molecule has 5 heteroatoms. The number of hydrogen-bond acceptors (Lipinski definition) is 3. The molecule has 1 aromatic heterocycles. The zero-order chi connectivity index (χ0) is 15.6. The second-order valence-corrected chi connectivity index (χ2v) is 5.91. The fourth-order valence-corrected chi connectivity index (χ4v) is 2.74. The summed E-state index contributed by atoms with van der Waals surface area (Å²) >= 11 is 11.2. The van der Waals surface area contributed by atoms with Crippen LogP contribution in [0.5, 0.6) is 0 Å². The van der Waals surface area contributed by atoms with Crippen molar-refractivity contribution in [2.24, 2.45) is 5.73 Å². The van der Waals surface area contributed by atoms with Gasteiger partial charge in [0.1, 0.15) is 10.8 Å². The maximum absolute atomic E-state index is 6.07.